The summed E-state index contributed by atoms with van der Waals surface area (Å²) in [6.07, 6.45) is 7.13. The summed E-state index contributed by atoms with van der Waals surface area (Å²) in [7, 11) is 0. The SMILES string of the molecule is CCOC(=O)Cn1cc(/C=C2\SC(=S)N(Cc3cccnc3)C2=O)c2ccccc21. The minimum atomic E-state index is -0.299. The van der Waals surface area contributed by atoms with Crippen LogP contribution in [0.1, 0.15) is 18.1 Å². The van der Waals surface area contributed by atoms with E-state index in [2.05, 4.69) is 4.98 Å². The molecule has 1 aliphatic rings. The molecule has 3 aromatic rings. The Hall–Kier alpha value is -2.97. The summed E-state index contributed by atoms with van der Waals surface area (Å²) in [6, 6.07) is 11.5. The molecule has 1 fully saturated rings. The summed E-state index contributed by atoms with van der Waals surface area (Å²) in [4.78, 5) is 31.2. The van der Waals surface area contributed by atoms with Gasteiger partial charge in [-0.1, -0.05) is 48.2 Å². The van der Waals surface area contributed by atoms with Crippen LogP contribution in [-0.2, 0) is 27.4 Å². The Morgan fingerprint density at radius 2 is 2.10 bits per heavy atom. The first-order valence-corrected chi connectivity index (χ1v) is 10.7. The zero-order valence-electron chi connectivity index (χ0n) is 16.3. The third-order valence-electron chi connectivity index (χ3n) is 4.65. The van der Waals surface area contributed by atoms with Crippen molar-refractivity contribution in [2.45, 2.75) is 20.0 Å². The molecule has 0 radical (unpaired) electrons. The fraction of sp³-hybridized carbons (Fsp3) is 0.182. The maximum Gasteiger partial charge on any atom is 0.325 e. The van der Waals surface area contributed by atoms with Crippen molar-refractivity contribution >= 4 is 57.2 Å². The molecule has 1 aromatic carbocycles. The van der Waals surface area contributed by atoms with Crippen LogP contribution in [0, 0.1) is 0 Å². The van der Waals surface area contributed by atoms with Gasteiger partial charge >= 0.3 is 5.97 Å². The van der Waals surface area contributed by atoms with Crippen molar-refractivity contribution in [2.24, 2.45) is 0 Å². The lowest BCUT2D eigenvalue weighted by atomic mass is 10.1. The number of thioether (sulfide) groups is 1. The topological polar surface area (TPSA) is 64.4 Å². The van der Waals surface area contributed by atoms with E-state index in [0.717, 1.165) is 22.0 Å². The average Bonchev–Trinajstić information content (AvgIpc) is 3.21. The first-order chi connectivity index (χ1) is 14.6. The second kappa shape index (κ2) is 8.81. The van der Waals surface area contributed by atoms with Gasteiger partial charge in [-0.25, -0.2) is 0 Å². The van der Waals surface area contributed by atoms with E-state index in [4.69, 9.17) is 17.0 Å². The van der Waals surface area contributed by atoms with Gasteiger partial charge in [0.1, 0.15) is 10.9 Å². The van der Waals surface area contributed by atoms with E-state index < -0.39 is 0 Å². The van der Waals surface area contributed by atoms with Gasteiger partial charge in [-0.2, -0.15) is 0 Å². The maximum absolute atomic E-state index is 13.0. The summed E-state index contributed by atoms with van der Waals surface area (Å²) >= 11 is 6.72. The van der Waals surface area contributed by atoms with Crippen LogP contribution in [0.5, 0.6) is 0 Å². The molecule has 0 spiro atoms. The van der Waals surface area contributed by atoms with Crippen LogP contribution in [0.4, 0.5) is 0 Å². The molecule has 4 rings (SSSR count). The molecule has 0 unspecified atom stereocenters. The number of para-hydroxylation sites is 1. The van der Waals surface area contributed by atoms with Gasteiger partial charge < -0.3 is 9.30 Å². The van der Waals surface area contributed by atoms with E-state index in [1.54, 1.807) is 24.2 Å². The van der Waals surface area contributed by atoms with E-state index in [9.17, 15) is 9.59 Å². The third-order valence-corrected chi connectivity index (χ3v) is 6.03. The standard InChI is InChI=1S/C22H19N3O3S2/c1-2-28-20(26)14-24-13-16(17-7-3-4-8-18(17)24)10-19-21(27)25(22(29)30-19)12-15-6-5-9-23-11-15/h3-11,13H,2,12,14H2,1H3/b19-10-. The fourth-order valence-corrected chi connectivity index (χ4v) is 4.56. The number of hydrogen-bond acceptors (Lipinski definition) is 6. The van der Waals surface area contributed by atoms with Gasteiger partial charge in [-0.3, -0.25) is 19.5 Å². The van der Waals surface area contributed by atoms with Crippen molar-refractivity contribution in [3.05, 3.63) is 71.0 Å². The van der Waals surface area contributed by atoms with Crippen LogP contribution in [0.15, 0.2) is 59.9 Å². The summed E-state index contributed by atoms with van der Waals surface area (Å²) in [6.45, 7) is 2.62. The van der Waals surface area contributed by atoms with Gasteiger partial charge in [0.2, 0.25) is 0 Å². The molecule has 30 heavy (non-hydrogen) atoms. The lowest BCUT2D eigenvalue weighted by Crippen LogP contribution is -2.27. The van der Waals surface area contributed by atoms with E-state index in [-0.39, 0.29) is 18.4 Å². The Morgan fingerprint density at radius 1 is 1.27 bits per heavy atom. The molecule has 3 heterocycles. The number of carbonyl (C=O) groups is 2. The molecule has 6 nitrogen and oxygen atoms in total. The largest absolute Gasteiger partial charge is 0.465 e. The van der Waals surface area contributed by atoms with Gasteiger partial charge in [0.25, 0.3) is 5.91 Å². The Labute approximate surface area is 183 Å². The first-order valence-electron chi connectivity index (χ1n) is 9.44. The molecule has 2 aromatic heterocycles. The zero-order valence-corrected chi connectivity index (χ0v) is 17.9. The number of aromatic nitrogens is 2. The van der Waals surface area contributed by atoms with E-state index in [1.165, 1.54) is 11.8 Å². The lowest BCUT2D eigenvalue weighted by Gasteiger charge is -2.13. The van der Waals surface area contributed by atoms with Gasteiger partial charge in [-0.05, 0) is 30.7 Å². The minimum Gasteiger partial charge on any atom is -0.465 e. The normalized spacial score (nSPS) is 15.4. The number of pyridine rings is 1. The molecule has 1 amide bonds. The van der Waals surface area contributed by atoms with E-state index in [0.29, 0.717) is 22.4 Å². The smallest absolute Gasteiger partial charge is 0.325 e. The number of ether oxygens (including phenoxy) is 1. The van der Waals surface area contributed by atoms with E-state index >= 15 is 0 Å². The summed E-state index contributed by atoms with van der Waals surface area (Å²) in [5.74, 6) is -0.427. The molecule has 152 valence electrons. The predicted molar refractivity (Wildman–Crippen MR) is 122 cm³/mol. The Kier molecular flexibility index (Phi) is 5.96. The molecule has 1 aliphatic heterocycles. The van der Waals surface area contributed by atoms with Crippen LogP contribution < -0.4 is 0 Å². The van der Waals surface area contributed by atoms with E-state index in [1.807, 2.05) is 53.2 Å². The molecule has 0 saturated carbocycles. The highest BCUT2D eigenvalue weighted by molar-refractivity contribution is 8.26. The number of nitrogens with zero attached hydrogens (tertiary/aromatic N) is 3. The number of thiocarbonyl (C=S) groups is 1. The number of benzene rings is 1. The van der Waals surface area contributed by atoms with Crippen LogP contribution in [0.2, 0.25) is 0 Å². The molecule has 0 N–H and O–H groups in total. The highest BCUT2D eigenvalue weighted by Gasteiger charge is 2.32. The molecule has 8 heteroatoms. The molecular weight excluding hydrogens is 418 g/mol. The van der Waals surface area contributed by atoms with Crippen LogP contribution in [0.3, 0.4) is 0 Å². The highest BCUT2D eigenvalue weighted by Crippen LogP contribution is 2.35. The predicted octanol–water partition coefficient (Wildman–Crippen LogP) is 4.00. The first kappa shape index (κ1) is 20.3. The summed E-state index contributed by atoms with van der Waals surface area (Å²) in [5, 5.41) is 0.958. The molecule has 1 saturated heterocycles. The van der Waals surface area contributed by atoms with Crippen molar-refractivity contribution in [1.82, 2.24) is 14.5 Å². The van der Waals surface area contributed by atoms with Crippen LogP contribution in [-0.4, -0.2) is 37.3 Å². The highest BCUT2D eigenvalue weighted by atomic mass is 32.2. The van der Waals surface area contributed by atoms with Gasteiger partial charge in [-0.15, -0.1) is 0 Å². The molecule has 0 aliphatic carbocycles. The quantitative estimate of drug-likeness (QED) is 0.330. The average molecular weight is 438 g/mol. The summed E-state index contributed by atoms with van der Waals surface area (Å²) in [5.41, 5.74) is 2.68. The second-order valence-electron chi connectivity index (χ2n) is 6.66. The molecular formula is C22H19N3O3S2. The molecule has 0 bridgehead atoms. The van der Waals surface area contributed by atoms with Gasteiger partial charge in [0.15, 0.2) is 0 Å². The number of esters is 1. The number of amides is 1. The van der Waals surface area contributed by atoms with Gasteiger partial charge in [0.05, 0.1) is 18.1 Å². The monoisotopic (exact) mass is 437 g/mol. The van der Waals surface area contributed by atoms with Crippen LogP contribution in [0.25, 0.3) is 17.0 Å². The van der Waals surface area contributed by atoms with Crippen molar-refractivity contribution < 1.29 is 14.3 Å². The van der Waals surface area contributed by atoms with Gasteiger partial charge in [0, 0.05) is 35.1 Å². The third kappa shape index (κ3) is 4.15. The maximum atomic E-state index is 13.0. The van der Waals surface area contributed by atoms with Crippen molar-refractivity contribution in [3.8, 4) is 0 Å². The molecule has 0 atom stereocenters. The zero-order chi connectivity index (χ0) is 21.1. The Morgan fingerprint density at radius 3 is 2.87 bits per heavy atom. The van der Waals surface area contributed by atoms with Crippen molar-refractivity contribution in [3.63, 3.8) is 0 Å². The Bertz CT molecular complexity index is 1150. The Balaban J connectivity index is 1.64. The fourth-order valence-electron chi connectivity index (χ4n) is 3.32. The lowest BCUT2D eigenvalue weighted by molar-refractivity contribution is -0.143. The van der Waals surface area contributed by atoms with Crippen molar-refractivity contribution in [1.29, 1.82) is 0 Å². The summed E-state index contributed by atoms with van der Waals surface area (Å²) < 4.78 is 7.44. The number of fused-ring (bicyclic) bond motifs is 1. The number of rotatable bonds is 6. The second-order valence-corrected chi connectivity index (χ2v) is 8.34. The van der Waals surface area contributed by atoms with Crippen molar-refractivity contribution in [2.75, 3.05) is 6.61 Å². The number of carbonyl (C=O) groups excluding carboxylic acids is 2. The number of hydrogen-bond donors (Lipinski definition) is 0. The minimum absolute atomic E-state index is 0.115. The van der Waals surface area contributed by atoms with Crippen LogP contribution >= 0.6 is 24.0 Å².